The van der Waals surface area contributed by atoms with Gasteiger partial charge in [0.05, 0.1) is 33.3 Å². The minimum Gasteiger partial charge on any atom is -0.271 e. The molecule has 0 bridgehead atoms. The lowest BCUT2D eigenvalue weighted by molar-refractivity contribution is 0.485. The number of hydrogen-bond acceptors (Lipinski definition) is 4. The molecule has 2 aromatic rings. The van der Waals surface area contributed by atoms with E-state index in [1.807, 2.05) is 23.3 Å². The van der Waals surface area contributed by atoms with E-state index in [2.05, 4.69) is 51.5 Å². The van der Waals surface area contributed by atoms with Crippen molar-refractivity contribution in [2.24, 2.45) is 12.9 Å². The normalized spacial score (nSPS) is 12.9. The Labute approximate surface area is 133 Å². The fraction of sp³-hybridized carbons (Fsp3) is 0.571. The van der Waals surface area contributed by atoms with Crippen LogP contribution in [0.4, 0.5) is 0 Å². The second kappa shape index (κ2) is 6.72. The smallest absolute Gasteiger partial charge is 0.0766 e. The van der Waals surface area contributed by atoms with Gasteiger partial charge in [-0.15, -0.1) is 0 Å². The number of nitrogens with two attached hydrogens (primary N) is 1. The molecule has 3 N–H and O–H groups in total. The van der Waals surface area contributed by atoms with Crippen LogP contribution in [0.15, 0.2) is 10.5 Å². The number of hydrogen-bond donors (Lipinski definition) is 2. The number of rotatable bonds is 6. The molecule has 1 atom stereocenters. The second-order valence-corrected chi connectivity index (χ2v) is 5.93. The number of nitrogens with zero attached hydrogens (tertiary/aromatic N) is 4. The molecule has 2 aromatic heterocycles. The standard InChI is InChI=1S/C14H23BrN6/c1-5-10-14(15)13(21(6-2)19-10)8-11(17-16)12-7-9(3)18-20(12)4/h7,11,17H,5-6,8,16H2,1-4H3. The molecule has 0 aliphatic rings. The molecule has 0 saturated heterocycles. The van der Waals surface area contributed by atoms with Gasteiger partial charge in [0.1, 0.15) is 0 Å². The number of aryl methyl sites for hydroxylation is 4. The molecule has 2 heterocycles. The quantitative estimate of drug-likeness (QED) is 0.614. The van der Waals surface area contributed by atoms with Crippen LogP contribution < -0.4 is 11.3 Å². The van der Waals surface area contributed by atoms with Crippen molar-refractivity contribution in [3.05, 3.63) is 33.3 Å². The van der Waals surface area contributed by atoms with Crippen LogP contribution in [0.5, 0.6) is 0 Å². The van der Waals surface area contributed by atoms with Crippen molar-refractivity contribution in [3.63, 3.8) is 0 Å². The van der Waals surface area contributed by atoms with Crippen molar-refractivity contribution in [3.8, 4) is 0 Å². The Morgan fingerprint density at radius 1 is 1.38 bits per heavy atom. The molecule has 0 aliphatic carbocycles. The van der Waals surface area contributed by atoms with Crippen LogP contribution in [0.1, 0.15) is 42.7 Å². The zero-order valence-corrected chi connectivity index (χ0v) is 14.6. The molecule has 1 unspecified atom stereocenters. The molecule has 0 aromatic carbocycles. The van der Waals surface area contributed by atoms with Gasteiger partial charge in [0, 0.05) is 20.0 Å². The first-order valence-electron chi connectivity index (χ1n) is 7.22. The van der Waals surface area contributed by atoms with Crippen molar-refractivity contribution in [2.75, 3.05) is 0 Å². The Balaban J connectivity index is 2.35. The molecule has 2 rings (SSSR count). The maximum Gasteiger partial charge on any atom is 0.0766 e. The lowest BCUT2D eigenvalue weighted by atomic mass is 10.1. The summed E-state index contributed by atoms with van der Waals surface area (Å²) in [5.41, 5.74) is 7.22. The summed E-state index contributed by atoms with van der Waals surface area (Å²) in [4.78, 5) is 0. The third kappa shape index (κ3) is 3.20. The monoisotopic (exact) mass is 354 g/mol. The van der Waals surface area contributed by atoms with Gasteiger partial charge in [-0.05, 0) is 42.3 Å². The van der Waals surface area contributed by atoms with Gasteiger partial charge in [-0.2, -0.15) is 10.2 Å². The van der Waals surface area contributed by atoms with Crippen molar-refractivity contribution in [1.82, 2.24) is 25.0 Å². The molecule has 0 amide bonds. The molecule has 0 spiro atoms. The first kappa shape index (κ1) is 16.2. The van der Waals surface area contributed by atoms with Gasteiger partial charge in [0.25, 0.3) is 0 Å². The molecule has 0 radical (unpaired) electrons. The Hall–Kier alpha value is -1.18. The molecular weight excluding hydrogens is 332 g/mol. The topological polar surface area (TPSA) is 73.7 Å². The Kier molecular flexibility index (Phi) is 5.18. The molecular formula is C14H23BrN6. The first-order chi connectivity index (χ1) is 10.0. The maximum atomic E-state index is 5.78. The molecule has 116 valence electrons. The summed E-state index contributed by atoms with van der Waals surface area (Å²) in [7, 11) is 1.94. The molecule has 0 aliphatic heterocycles. The van der Waals surface area contributed by atoms with Gasteiger partial charge in [-0.1, -0.05) is 6.92 Å². The van der Waals surface area contributed by atoms with Gasteiger partial charge < -0.3 is 0 Å². The fourth-order valence-electron chi connectivity index (χ4n) is 2.61. The van der Waals surface area contributed by atoms with Crippen LogP contribution >= 0.6 is 15.9 Å². The highest BCUT2D eigenvalue weighted by atomic mass is 79.9. The van der Waals surface area contributed by atoms with Crippen LogP contribution in [0, 0.1) is 6.92 Å². The van der Waals surface area contributed by atoms with E-state index in [1.54, 1.807) is 0 Å². The summed E-state index contributed by atoms with van der Waals surface area (Å²) in [5, 5.41) is 9.03. The van der Waals surface area contributed by atoms with Crippen molar-refractivity contribution < 1.29 is 0 Å². The molecule has 0 saturated carbocycles. The maximum absolute atomic E-state index is 5.78. The van der Waals surface area contributed by atoms with Gasteiger partial charge in [-0.3, -0.25) is 20.6 Å². The van der Waals surface area contributed by atoms with E-state index in [9.17, 15) is 0 Å². The van der Waals surface area contributed by atoms with Gasteiger partial charge >= 0.3 is 0 Å². The first-order valence-corrected chi connectivity index (χ1v) is 8.01. The highest BCUT2D eigenvalue weighted by molar-refractivity contribution is 9.10. The Bertz CT molecular complexity index is 615. The SMILES string of the molecule is CCc1nn(CC)c(CC(NN)c2cc(C)nn2C)c1Br. The van der Waals surface area contributed by atoms with E-state index in [0.717, 1.165) is 46.6 Å². The summed E-state index contributed by atoms with van der Waals surface area (Å²) >= 11 is 3.68. The van der Waals surface area contributed by atoms with Gasteiger partial charge in [0.2, 0.25) is 0 Å². The van der Waals surface area contributed by atoms with Crippen LogP contribution in [0.3, 0.4) is 0 Å². The Morgan fingerprint density at radius 3 is 2.57 bits per heavy atom. The van der Waals surface area contributed by atoms with E-state index in [1.165, 1.54) is 0 Å². The molecule has 21 heavy (non-hydrogen) atoms. The van der Waals surface area contributed by atoms with E-state index in [0.29, 0.717) is 0 Å². The Morgan fingerprint density at radius 2 is 2.10 bits per heavy atom. The predicted molar refractivity (Wildman–Crippen MR) is 86.7 cm³/mol. The van der Waals surface area contributed by atoms with Crippen LogP contribution in [0.2, 0.25) is 0 Å². The van der Waals surface area contributed by atoms with E-state index in [4.69, 9.17) is 5.84 Å². The third-order valence-corrected chi connectivity index (χ3v) is 4.60. The molecule has 7 heteroatoms. The van der Waals surface area contributed by atoms with Crippen LogP contribution in [0.25, 0.3) is 0 Å². The minimum atomic E-state index is -0.000735. The number of aromatic nitrogens is 4. The zero-order valence-electron chi connectivity index (χ0n) is 13.0. The number of nitrogens with one attached hydrogen (secondary N) is 1. The predicted octanol–water partition coefficient (Wildman–Crippen LogP) is 2.02. The summed E-state index contributed by atoms with van der Waals surface area (Å²) in [6.07, 6.45) is 1.67. The second-order valence-electron chi connectivity index (χ2n) is 5.13. The minimum absolute atomic E-state index is 0.000735. The molecule has 0 fully saturated rings. The third-order valence-electron chi connectivity index (χ3n) is 3.69. The van der Waals surface area contributed by atoms with Crippen LogP contribution in [-0.2, 0) is 26.4 Å². The molecule has 6 nitrogen and oxygen atoms in total. The zero-order chi connectivity index (χ0) is 15.6. The summed E-state index contributed by atoms with van der Waals surface area (Å²) in [6.45, 7) is 7.04. The van der Waals surface area contributed by atoms with Gasteiger partial charge in [0.15, 0.2) is 0 Å². The highest BCUT2D eigenvalue weighted by Crippen LogP contribution is 2.27. The number of halogens is 1. The van der Waals surface area contributed by atoms with Crippen molar-refractivity contribution in [2.45, 2.75) is 46.2 Å². The van der Waals surface area contributed by atoms with E-state index >= 15 is 0 Å². The summed E-state index contributed by atoms with van der Waals surface area (Å²) in [6, 6.07) is 2.06. The van der Waals surface area contributed by atoms with E-state index in [-0.39, 0.29) is 6.04 Å². The van der Waals surface area contributed by atoms with Gasteiger partial charge in [-0.25, -0.2) is 0 Å². The van der Waals surface area contributed by atoms with Crippen LogP contribution in [-0.4, -0.2) is 19.6 Å². The largest absolute Gasteiger partial charge is 0.271 e. The van der Waals surface area contributed by atoms with E-state index < -0.39 is 0 Å². The lowest BCUT2D eigenvalue weighted by Crippen LogP contribution is -2.31. The number of hydrazine groups is 1. The highest BCUT2D eigenvalue weighted by Gasteiger charge is 2.21. The average molecular weight is 355 g/mol. The summed E-state index contributed by atoms with van der Waals surface area (Å²) in [5.74, 6) is 5.78. The average Bonchev–Trinajstić information content (AvgIpc) is 2.95. The summed E-state index contributed by atoms with van der Waals surface area (Å²) < 4.78 is 5.00. The lowest BCUT2D eigenvalue weighted by Gasteiger charge is -2.17. The van der Waals surface area contributed by atoms with Crippen molar-refractivity contribution in [1.29, 1.82) is 0 Å². The fourth-order valence-corrected chi connectivity index (χ4v) is 3.34. The van der Waals surface area contributed by atoms with Crippen molar-refractivity contribution >= 4 is 15.9 Å².